The van der Waals surface area contributed by atoms with E-state index in [-0.39, 0.29) is 5.02 Å². The number of rotatable bonds is 3. The molecule has 0 saturated heterocycles. The van der Waals surface area contributed by atoms with Gasteiger partial charge in [-0.2, -0.15) is 0 Å². The van der Waals surface area contributed by atoms with Crippen LogP contribution in [0.25, 0.3) is 0 Å². The molecule has 1 aromatic heterocycles. The molecule has 1 aromatic carbocycles. The first-order valence-electron chi connectivity index (χ1n) is 7.11. The quantitative estimate of drug-likeness (QED) is 0.788. The summed E-state index contributed by atoms with van der Waals surface area (Å²) in [4.78, 5) is 21.5. The lowest BCUT2D eigenvalue weighted by atomic mass is 9.96. The second kappa shape index (κ2) is 7.11. The van der Waals surface area contributed by atoms with Gasteiger partial charge in [-0.1, -0.05) is 40.6 Å². The Kier molecular flexibility index (Phi) is 5.08. The van der Waals surface area contributed by atoms with E-state index in [1.165, 1.54) is 36.6 Å². The van der Waals surface area contributed by atoms with Crippen molar-refractivity contribution >= 4 is 46.3 Å². The summed E-state index contributed by atoms with van der Waals surface area (Å²) in [6.07, 6.45) is 1.58. The molecule has 1 aliphatic heterocycles. The van der Waals surface area contributed by atoms with E-state index in [2.05, 4.69) is 15.3 Å². The van der Waals surface area contributed by atoms with Crippen molar-refractivity contribution in [2.45, 2.75) is 13.0 Å². The van der Waals surface area contributed by atoms with E-state index in [0.717, 1.165) is 0 Å². The number of nitrogens with zero attached hydrogens (tertiary/aromatic N) is 2. The summed E-state index contributed by atoms with van der Waals surface area (Å²) in [5.74, 6) is -0.512. The van der Waals surface area contributed by atoms with Crippen molar-refractivity contribution in [3.8, 4) is 0 Å². The summed E-state index contributed by atoms with van der Waals surface area (Å²) in [6, 6.07) is 3.22. The average molecular weight is 400 g/mol. The Morgan fingerprint density at radius 2 is 2.16 bits per heavy atom. The first-order valence-corrected chi connectivity index (χ1v) is 8.68. The van der Waals surface area contributed by atoms with Crippen LogP contribution in [0.3, 0.4) is 0 Å². The third kappa shape index (κ3) is 3.53. The van der Waals surface area contributed by atoms with Crippen molar-refractivity contribution in [2.75, 3.05) is 7.11 Å². The molecule has 130 valence electrons. The molecule has 0 bridgehead atoms. The first kappa shape index (κ1) is 17.8. The molecular weight excluding hydrogens is 388 g/mol. The van der Waals surface area contributed by atoms with Crippen molar-refractivity contribution in [3.63, 3.8) is 0 Å². The summed E-state index contributed by atoms with van der Waals surface area (Å²) >= 11 is 13.3. The lowest BCUT2D eigenvalue weighted by Gasteiger charge is -2.25. The number of amidine groups is 1. The van der Waals surface area contributed by atoms with Crippen molar-refractivity contribution in [1.82, 2.24) is 10.3 Å². The van der Waals surface area contributed by atoms with Crippen molar-refractivity contribution < 1.29 is 13.9 Å². The molecule has 2 aromatic rings. The number of halogens is 3. The van der Waals surface area contributed by atoms with E-state index in [1.54, 1.807) is 13.1 Å². The molecule has 0 radical (unpaired) electrons. The zero-order valence-electron chi connectivity index (χ0n) is 13.1. The van der Waals surface area contributed by atoms with Crippen LogP contribution < -0.4 is 5.32 Å². The molecule has 0 spiro atoms. The number of hydrogen-bond donors (Lipinski definition) is 1. The van der Waals surface area contributed by atoms with Crippen molar-refractivity contribution in [3.05, 3.63) is 61.4 Å². The second-order valence-corrected chi connectivity index (χ2v) is 7.20. The van der Waals surface area contributed by atoms with Crippen LogP contribution in [0.15, 0.2) is 40.7 Å². The minimum Gasteiger partial charge on any atom is -0.466 e. The molecule has 1 atom stereocenters. The Bertz CT molecular complexity index is 911. The number of carbonyl (C=O) groups excluding carboxylic acids is 1. The lowest BCUT2D eigenvalue weighted by molar-refractivity contribution is -0.136. The summed E-state index contributed by atoms with van der Waals surface area (Å²) in [5.41, 5.74) is 1.36. The minimum absolute atomic E-state index is 0.173. The van der Waals surface area contributed by atoms with Gasteiger partial charge < -0.3 is 10.1 Å². The zero-order valence-corrected chi connectivity index (χ0v) is 15.5. The van der Waals surface area contributed by atoms with Gasteiger partial charge in [0.1, 0.15) is 17.7 Å². The van der Waals surface area contributed by atoms with Gasteiger partial charge in [0, 0.05) is 16.3 Å². The molecule has 25 heavy (non-hydrogen) atoms. The zero-order chi connectivity index (χ0) is 18.1. The highest BCUT2D eigenvalue weighted by molar-refractivity contribution is 7.17. The van der Waals surface area contributed by atoms with E-state index >= 15 is 0 Å². The summed E-state index contributed by atoms with van der Waals surface area (Å²) in [6.45, 7) is 1.73. The lowest BCUT2D eigenvalue weighted by Crippen LogP contribution is -2.32. The number of aromatic nitrogens is 1. The maximum Gasteiger partial charge on any atom is 0.338 e. The van der Waals surface area contributed by atoms with Gasteiger partial charge in [0.05, 0.1) is 23.8 Å². The van der Waals surface area contributed by atoms with Crippen molar-refractivity contribution in [2.24, 2.45) is 4.99 Å². The van der Waals surface area contributed by atoms with Gasteiger partial charge in [-0.3, -0.25) is 4.99 Å². The van der Waals surface area contributed by atoms with E-state index in [9.17, 15) is 9.18 Å². The van der Waals surface area contributed by atoms with Crippen LogP contribution in [0.5, 0.6) is 0 Å². The first-order chi connectivity index (χ1) is 11.9. The molecule has 0 amide bonds. The van der Waals surface area contributed by atoms with Gasteiger partial charge in [0.2, 0.25) is 0 Å². The fourth-order valence-corrected chi connectivity index (χ4v) is 3.65. The van der Waals surface area contributed by atoms with Gasteiger partial charge in [0.15, 0.2) is 4.47 Å². The van der Waals surface area contributed by atoms with Gasteiger partial charge in [-0.15, -0.1) is 0 Å². The van der Waals surface area contributed by atoms with Gasteiger partial charge in [-0.05, 0) is 19.1 Å². The predicted molar refractivity (Wildman–Crippen MR) is 95.7 cm³/mol. The maximum atomic E-state index is 13.4. The van der Waals surface area contributed by atoms with Crippen LogP contribution in [-0.4, -0.2) is 23.9 Å². The van der Waals surface area contributed by atoms with Crippen LogP contribution in [0.1, 0.15) is 23.4 Å². The molecular formula is C16H12Cl2FN3O2S. The average Bonchev–Trinajstić information content (AvgIpc) is 3.00. The van der Waals surface area contributed by atoms with E-state index < -0.39 is 17.8 Å². The van der Waals surface area contributed by atoms with Gasteiger partial charge in [0.25, 0.3) is 0 Å². The number of thiazole rings is 1. The van der Waals surface area contributed by atoms with Crippen LogP contribution >= 0.6 is 34.5 Å². The fraction of sp³-hybridized carbons (Fsp3) is 0.188. The van der Waals surface area contributed by atoms with Gasteiger partial charge >= 0.3 is 5.97 Å². The number of ether oxygens (including phenoxy) is 1. The Hall–Kier alpha value is -1.96. The standard InChI is InChI=1S/C16H12Cl2FN3O2S/c1-7-12(15(23)24-2)13(9-4-3-8(19)5-10(9)17)22-14(21-7)11-6-20-16(18)25-11/h3-6,13H,1-2H3,(H,21,22)/t13-/m1/s1. The van der Waals surface area contributed by atoms with Crippen LogP contribution in [0.4, 0.5) is 4.39 Å². The largest absolute Gasteiger partial charge is 0.466 e. The number of aliphatic imine (C=N–C) groups is 1. The highest BCUT2D eigenvalue weighted by atomic mass is 35.5. The second-order valence-electron chi connectivity index (χ2n) is 5.18. The molecule has 5 nitrogen and oxygen atoms in total. The Balaban J connectivity index is 2.14. The third-order valence-corrected chi connectivity index (χ3v) is 5.06. The number of hydrogen-bond acceptors (Lipinski definition) is 6. The topological polar surface area (TPSA) is 63.6 Å². The number of carbonyl (C=O) groups is 1. The monoisotopic (exact) mass is 399 g/mol. The molecule has 0 fully saturated rings. The van der Waals surface area contributed by atoms with Crippen LogP contribution in [0, 0.1) is 5.82 Å². The molecule has 1 N–H and O–H groups in total. The summed E-state index contributed by atoms with van der Waals surface area (Å²) in [5, 5.41) is 3.24. The maximum absolute atomic E-state index is 13.4. The molecule has 1 aliphatic rings. The predicted octanol–water partition coefficient (Wildman–Crippen LogP) is 4.13. The molecule has 0 aliphatic carbocycles. The van der Waals surface area contributed by atoms with E-state index in [0.29, 0.717) is 32.0 Å². The Morgan fingerprint density at radius 3 is 2.76 bits per heavy atom. The number of benzene rings is 1. The van der Waals surface area contributed by atoms with Gasteiger partial charge in [-0.25, -0.2) is 14.2 Å². The van der Waals surface area contributed by atoms with Crippen molar-refractivity contribution in [1.29, 1.82) is 0 Å². The van der Waals surface area contributed by atoms with E-state index in [4.69, 9.17) is 27.9 Å². The van der Waals surface area contributed by atoms with E-state index in [1.807, 2.05) is 0 Å². The molecule has 3 rings (SSSR count). The number of nitrogens with one attached hydrogen (secondary N) is 1. The SMILES string of the molecule is COC(=O)C1=C(C)NC(c2cnc(Cl)s2)=N[C@@H]1c1ccc(F)cc1Cl. The smallest absolute Gasteiger partial charge is 0.338 e. The normalized spacial score (nSPS) is 17.2. The third-order valence-electron chi connectivity index (χ3n) is 3.61. The summed E-state index contributed by atoms with van der Waals surface area (Å²) in [7, 11) is 1.29. The Labute approximate surface area is 157 Å². The molecule has 9 heteroatoms. The number of methoxy groups -OCH3 is 1. The molecule has 0 unspecified atom stereocenters. The fourth-order valence-electron chi connectivity index (χ4n) is 2.49. The highest BCUT2D eigenvalue weighted by Crippen LogP contribution is 2.36. The molecule has 2 heterocycles. The highest BCUT2D eigenvalue weighted by Gasteiger charge is 2.32. The number of esters is 1. The number of allylic oxidation sites excluding steroid dienone is 1. The minimum atomic E-state index is -0.738. The summed E-state index contributed by atoms with van der Waals surface area (Å²) < 4.78 is 18.6. The Morgan fingerprint density at radius 1 is 1.40 bits per heavy atom. The van der Waals surface area contributed by atoms with Crippen LogP contribution in [-0.2, 0) is 9.53 Å². The van der Waals surface area contributed by atoms with Crippen LogP contribution in [0.2, 0.25) is 9.49 Å². The molecule has 0 saturated carbocycles.